The van der Waals surface area contributed by atoms with Gasteiger partial charge >= 0.3 is 0 Å². The van der Waals surface area contributed by atoms with Crippen molar-refractivity contribution in [3.05, 3.63) is 58.1 Å². The van der Waals surface area contributed by atoms with Crippen LogP contribution in [0.15, 0.2) is 35.3 Å². The van der Waals surface area contributed by atoms with Crippen LogP contribution in [0.4, 0.5) is 14.7 Å². The van der Waals surface area contributed by atoms with Crippen LogP contribution in [0.5, 0.6) is 0 Å². The van der Waals surface area contributed by atoms with Crippen molar-refractivity contribution in [3.8, 4) is 16.9 Å². The molecule has 0 saturated carbocycles. The van der Waals surface area contributed by atoms with Gasteiger partial charge in [0.1, 0.15) is 11.6 Å². The largest absolute Gasteiger partial charge is 0.378 e. The number of halogens is 2. The summed E-state index contributed by atoms with van der Waals surface area (Å²) in [5.41, 5.74) is 1.43. The van der Waals surface area contributed by atoms with E-state index in [1.807, 2.05) is 11.8 Å². The van der Waals surface area contributed by atoms with Crippen LogP contribution in [0.1, 0.15) is 5.69 Å². The number of nitrogens with one attached hydrogen (secondary N) is 1. The van der Waals surface area contributed by atoms with Gasteiger partial charge in [-0.15, -0.1) is 0 Å². The normalized spacial score (nSPS) is 14.6. The van der Waals surface area contributed by atoms with Gasteiger partial charge in [-0.3, -0.25) is 9.89 Å². The van der Waals surface area contributed by atoms with E-state index in [9.17, 15) is 13.6 Å². The number of aromatic amines is 1. The lowest BCUT2D eigenvalue weighted by molar-refractivity contribution is 0.122. The summed E-state index contributed by atoms with van der Waals surface area (Å²) in [5.74, 6) is -0.918. The average Bonchev–Trinajstić information content (AvgIpc) is 3.03. The Morgan fingerprint density at radius 1 is 1.11 bits per heavy atom. The lowest BCUT2D eigenvalue weighted by Gasteiger charge is -2.27. The highest BCUT2D eigenvalue weighted by Gasteiger charge is 2.17. The molecule has 1 aromatic carbocycles. The van der Waals surface area contributed by atoms with E-state index in [1.165, 1.54) is 6.07 Å². The number of morpholine rings is 1. The minimum atomic E-state index is -0.762. The van der Waals surface area contributed by atoms with Crippen molar-refractivity contribution in [1.82, 2.24) is 19.7 Å². The molecule has 0 radical (unpaired) electrons. The molecule has 27 heavy (non-hydrogen) atoms. The Kier molecular flexibility index (Phi) is 4.44. The van der Waals surface area contributed by atoms with Gasteiger partial charge in [-0.2, -0.15) is 0 Å². The predicted molar refractivity (Wildman–Crippen MR) is 95.1 cm³/mol. The molecule has 3 heterocycles. The third-order valence-corrected chi connectivity index (χ3v) is 4.38. The molecule has 9 heteroatoms. The van der Waals surface area contributed by atoms with Crippen LogP contribution in [-0.4, -0.2) is 46.1 Å². The summed E-state index contributed by atoms with van der Waals surface area (Å²) >= 11 is 0. The van der Waals surface area contributed by atoms with Crippen LogP contribution in [0, 0.1) is 18.6 Å². The SMILES string of the molecule is Cc1nc(N2CCOCC2)ncc1-c1cc(=O)n(-c2cc(F)cc(F)c2)[nH]1. The van der Waals surface area contributed by atoms with Crippen molar-refractivity contribution in [2.45, 2.75) is 6.92 Å². The topological polar surface area (TPSA) is 76.0 Å². The first-order valence-electron chi connectivity index (χ1n) is 8.46. The van der Waals surface area contributed by atoms with Gasteiger partial charge in [0.25, 0.3) is 5.56 Å². The molecule has 1 fully saturated rings. The van der Waals surface area contributed by atoms with Crippen LogP contribution in [0.2, 0.25) is 0 Å². The van der Waals surface area contributed by atoms with Gasteiger partial charge in [0.2, 0.25) is 5.95 Å². The lowest BCUT2D eigenvalue weighted by atomic mass is 10.2. The smallest absolute Gasteiger partial charge is 0.271 e. The second-order valence-electron chi connectivity index (χ2n) is 6.24. The van der Waals surface area contributed by atoms with Crippen LogP contribution in [0.3, 0.4) is 0 Å². The predicted octanol–water partition coefficient (Wildman–Crippen LogP) is 2.05. The molecule has 0 unspecified atom stereocenters. The minimum Gasteiger partial charge on any atom is -0.378 e. The molecule has 7 nitrogen and oxygen atoms in total. The summed E-state index contributed by atoms with van der Waals surface area (Å²) in [6.07, 6.45) is 1.63. The van der Waals surface area contributed by atoms with Crippen molar-refractivity contribution in [2.75, 3.05) is 31.2 Å². The van der Waals surface area contributed by atoms with E-state index in [4.69, 9.17) is 4.74 Å². The summed E-state index contributed by atoms with van der Waals surface area (Å²) in [7, 11) is 0. The molecule has 2 aromatic heterocycles. The van der Waals surface area contributed by atoms with Crippen LogP contribution in [0.25, 0.3) is 16.9 Å². The third kappa shape index (κ3) is 3.45. The highest BCUT2D eigenvalue weighted by molar-refractivity contribution is 5.61. The highest BCUT2D eigenvalue weighted by Crippen LogP contribution is 2.22. The zero-order valence-electron chi connectivity index (χ0n) is 14.6. The fourth-order valence-electron chi connectivity index (χ4n) is 3.03. The van der Waals surface area contributed by atoms with E-state index in [-0.39, 0.29) is 5.69 Å². The van der Waals surface area contributed by atoms with Crippen molar-refractivity contribution in [2.24, 2.45) is 0 Å². The Morgan fingerprint density at radius 2 is 1.81 bits per heavy atom. The van der Waals surface area contributed by atoms with Gasteiger partial charge in [-0.25, -0.2) is 23.4 Å². The summed E-state index contributed by atoms with van der Waals surface area (Å²) in [6.45, 7) is 4.52. The number of benzene rings is 1. The fourth-order valence-corrected chi connectivity index (χ4v) is 3.03. The Bertz CT molecular complexity index is 1020. The standard InChI is InChI=1S/C18H17F2N5O2/c1-11-15(10-21-18(22-11)24-2-4-27-5-3-24)16-9-17(26)25(23-16)14-7-12(19)6-13(20)8-14/h6-10,23H,2-5H2,1H3. The maximum atomic E-state index is 13.5. The molecule has 3 aromatic rings. The summed E-state index contributed by atoms with van der Waals surface area (Å²) < 4.78 is 33.3. The fraction of sp³-hybridized carbons (Fsp3) is 0.278. The Hall–Kier alpha value is -3.07. The maximum absolute atomic E-state index is 13.5. The number of hydrogen-bond acceptors (Lipinski definition) is 5. The van der Waals surface area contributed by atoms with Crippen molar-refractivity contribution in [3.63, 3.8) is 0 Å². The van der Waals surface area contributed by atoms with Gasteiger partial charge in [0.15, 0.2) is 0 Å². The molecule has 0 aliphatic carbocycles. The Morgan fingerprint density at radius 3 is 2.48 bits per heavy atom. The summed E-state index contributed by atoms with van der Waals surface area (Å²) in [6, 6.07) is 4.26. The summed E-state index contributed by atoms with van der Waals surface area (Å²) in [4.78, 5) is 23.2. The zero-order valence-corrected chi connectivity index (χ0v) is 14.6. The number of aromatic nitrogens is 4. The third-order valence-electron chi connectivity index (χ3n) is 4.38. The van der Waals surface area contributed by atoms with E-state index in [2.05, 4.69) is 15.1 Å². The zero-order chi connectivity index (χ0) is 19.0. The quantitative estimate of drug-likeness (QED) is 0.761. The maximum Gasteiger partial charge on any atom is 0.271 e. The number of ether oxygens (including phenoxy) is 1. The van der Waals surface area contributed by atoms with Gasteiger partial charge in [0, 0.05) is 37.0 Å². The van der Waals surface area contributed by atoms with Gasteiger partial charge in [0.05, 0.1) is 30.3 Å². The van der Waals surface area contributed by atoms with E-state index in [0.29, 0.717) is 36.1 Å². The molecule has 1 aliphatic rings. The van der Waals surface area contributed by atoms with Gasteiger partial charge in [-0.05, 0) is 19.1 Å². The molecule has 0 amide bonds. The monoisotopic (exact) mass is 373 g/mol. The molecule has 0 spiro atoms. The highest BCUT2D eigenvalue weighted by atomic mass is 19.1. The molecule has 1 aliphatic heterocycles. The summed E-state index contributed by atoms with van der Waals surface area (Å²) in [5, 5.41) is 2.87. The van der Waals surface area contributed by atoms with Crippen molar-refractivity contribution >= 4 is 5.95 Å². The molecular formula is C18H17F2N5O2. The van der Waals surface area contributed by atoms with Gasteiger partial charge in [-0.1, -0.05) is 0 Å². The van der Waals surface area contributed by atoms with Crippen LogP contribution >= 0.6 is 0 Å². The molecule has 140 valence electrons. The Labute approximate surface area is 153 Å². The molecule has 0 atom stereocenters. The lowest BCUT2D eigenvalue weighted by Crippen LogP contribution is -2.37. The van der Waals surface area contributed by atoms with E-state index in [0.717, 1.165) is 36.0 Å². The van der Waals surface area contributed by atoms with E-state index >= 15 is 0 Å². The second kappa shape index (κ2) is 6.92. The van der Waals surface area contributed by atoms with Crippen molar-refractivity contribution in [1.29, 1.82) is 0 Å². The molecule has 0 bridgehead atoms. The molecule has 1 N–H and O–H groups in total. The first kappa shape index (κ1) is 17.3. The number of rotatable bonds is 3. The first-order chi connectivity index (χ1) is 13.0. The van der Waals surface area contributed by atoms with E-state index in [1.54, 1.807) is 6.20 Å². The molecule has 1 saturated heterocycles. The average molecular weight is 373 g/mol. The minimum absolute atomic E-state index is 0.0762. The number of aryl methyl sites for hydroxylation is 1. The van der Waals surface area contributed by atoms with Crippen LogP contribution in [-0.2, 0) is 4.74 Å². The number of nitrogens with zero attached hydrogens (tertiary/aromatic N) is 4. The molecule has 4 rings (SSSR count). The van der Waals surface area contributed by atoms with Crippen molar-refractivity contribution < 1.29 is 13.5 Å². The second-order valence-corrected chi connectivity index (χ2v) is 6.24. The number of anilines is 1. The first-order valence-corrected chi connectivity index (χ1v) is 8.46. The van der Waals surface area contributed by atoms with Crippen LogP contribution < -0.4 is 10.5 Å². The van der Waals surface area contributed by atoms with E-state index < -0.39 is 17.2 Å². The number of hydrogen-bond donors (Lipinski definition) is 1. The molecular weight excluding hydrogens is 356 g/mol. The van der Waals surface area contributed by atoms with Gasteiger partial charge < -0.3 is 9.64 Å². The Balaban J connectivity index is 1.69. The number of H-pyrrole nitrogens is 1.